The van der Waals surface area contributed by atoms with E-state index in [-0.39, 0.29) is 5.57 Å². The second-order valence-corrected chi connectivity index (χ2v) is 5.61. The van der Waals surface area contributed by atoms with E-state index in [2.05, 4.69) is 30.8 Å². The first-order valence-electron chi connectivity index (χ1n) is 6.38. The number of carboxylic acids is 1. The van der Waals surface area contributed by atoms with Crippen LogP contribution >= 0.6 is 11.8 Å². The van der Waals surface area contributed by atoms with Gasteiger partial charge in [-0.2, -0.15) is 0 Å². The van der Waals surface area contributed by atoms with E-state index in [0.717, 1.165) is 5.56 Å². The zero-order valence-electron chi connectivity index (χ0n) is 11.1. The Morgan fingerprint density at radius 3 is 2.20 bits per heavy atom. The van der Waals surface area contributed by atoms with Gasteiger partial charge in [-0.1, -0.05) is 48.7 Å². The molecule has 1 N–H and O–H groups in total. The Labute approximate surface area is 123 Å². The van der Waals surface area contributed by atoms with Crippen LogP contribution in [0.25, 0.3) is 0 Å². The summed E-state index contributed by atoms with van der Waals surface area (Å²) in [6.45, 7) is 3.54. The van der Waals surface area contributed by atoms with Crippen molar-refractivity contribution in [3.8, 4) is 0 Å². The van der Waals surface area contributed by atoms with E-state index < -0.39 is 5.97 Å². The topological polar surface area (TPSA) is 37.3 Å². The third-order valence-electron chi connectivity index (χ3n) is 2.92. The molecule has 2 rings (SSSR count). The molecule has 0 bridgehead atoms. The van der Waals surface area contributed by atoms with E-state index in [1.54, 1.807) is 11.8 Å². The highest BCUT2D eigenvalue weighted by atomic mass is 32.2. The predicted octanol–water partition coefficient (Wildman–Crippen LogP) is 4.41. The van der Waals surface area contributed by atoms with E-state index in [4.69, 9.17) is 5.11 Å². The molecule has 2 nitrogen and oxygen atoms in total. The zero-order valence-corrected chi connectivity index (χ0v) is 11.9. The second-order valence-electron chi connectivity index (χ2n) is 4.47. The molecule has 0 unspecified atom stereocenters. The van der Waals surface area contributed by atoms with Crippen LogP contribution in [0, 0.1) is 0 Å². The van der Waals surface area contributed by atoms with Crippen molar-refractivity contribution in [1.82, 2.24) is 0 Å². The summed E-state index contributed by atoms with van der Waals surface area (Å²) in [6, 6.07) is 18.4. The van der Waals surface area contributed by atoms with Crippen molar-refractivity contribution >= 4 is 17.7 Å². The lowest BCUT2D eigenvalue weighted by molar-refractivity contribution is -0.132. The van der Waals surface area contributed by atoms with Crippen molar-refractivity contribution in [2.75, 3.05) is 0 Å². The van der Waals surface area contributed by atoms with Crippen molar-refractivity contribution in [2.24, 2.45) is 0 Å². The third kappa shape index (κ3) is 4.28. The third-order valence-corrected chi connectivity index (χ3v) is 3.94. The van der Waals surface area contributed by atoms with Gasteiger partial charge < -0.3 is 5.11 Å². The van der Waals surface area contributed by atoms with Crippen molar-refractivity contribution in [3.05, 3.63) is 72.3 Å². The number of carbonyl (C=O) groups is 1. The van der Waals surface area contributed by atoms with Gasteiger partial charge in [0.1, 0.15) is 0 Å². The first-order chi connectivity index (χ1) is 9.65. The molecule has 0 radical (unpaired) electrons. The van der Waals surface area contributed by atoms with Crippen molar-refractivity contribution < 1.29 is 9.90 Å². The summed E-state index contributed by atoms with van der Waals surface area (Å²) in [5, 5.41) is 8.77. The summed E-state index contributed by atoms with van der Waals surface area (Å²) in [5.41, 5.74) is 1.39. The zero-order chi connectivity index (χ0) is 14.4. The van der Waals surface area contributed by atoms with Gasteiger partial charge in [-0.25, -0.2) is 4.79 Å². The SMILES string of the molecule is C=C(CCc1ccc(Sc2ccccc2)cc1)C(=O)O. The molecule has 0 saturated heterocycles. The maximum absolute atomic E-state index is 10.7. The summed E-state index contributed by atoms with van der Waals surface area (Å²) in [4.78, 5) is 13.1. The number of benzene rings is 2. The molecule has 0 fully saturated rings. The molecule has 0 heterocycles. The van der Waals surface area contributed by atoms with Crippen LogP contribution < -0.4 is 0 Å². The number of hydrogen-bond acceptors (Lipinski definition) is 2. The minimum Gasteiger partial charge on any atom is -0.478 e. The van der Waals surface area contributed by atoms with Gasteiger partial charge in [0, 0.05) is 15.4 Å². The molecule has 0 aliphatic heterocycles. The van der Waals surface area contributed by atoms with Crippen molar-refractivity contribution in [1.29, 1.82) is 0 Å². The molecule has 0 spiro atoms. The van der Waals surface area contributed by atoms with Gasteiger partial charge in [0.05, 0.1) is 0 Å². The van der Waals surface area contributed by atoms with Crippen molar-refractivity contribution in [2.45, 2.75) is 22.6 Å². The van der Waals surface area contributed by atoms with Crippen LogP contribution in [0.3, 0.4) is 0 Å². The number of carboxylic acid groups (broad SMARTS) is 1. The molecule has 2 aromatic carbocycles. The number of hydrogen-bond donors (Lipinski definition) is 1. The highest BCUT2D eigenvalue weighted by molar-refractivity contribution is 7.99. The molecule has 0 atom stereocenters. The Hall–Kier alpha value is -2.00. The van der Waals surface area contributed by atoms with Crippen LogP contribution in [0.2, 0.25) is 0 Å². The molecule has 0 aliphatic rings. The second kappa shape index (κ2) is 6.96. The van der Waals surface area contributed by atoms with E-state index in [9.17, 15) is 4.79 Å². The summed E-state index contributed by atoms with van der Waals surface area (Å²) in [6.07, 6.45) is 1.20. The summed E-state index contributed by atoms with van der Waals surface area (Å²) < 4.78 is 0. The van der Waals surface area contributed by atoms with Gasteiger partial charge in [0.15, 0.2) is 0 Å². The molecule has 3 heteroatoms. The Kier molecular flexibility index (Phi) is 5.02. The van der Waals surface area contributed by atoms with Crippen LogP contribution in [-0.2, 0) is 11.2 Å². The van der Waals surface area contributed by atoms with Crippen LogP contribution in [0.4, 0.5) is 0 Å². The quantitative estimate of drug-likeness (QED) is 0.798. The van der Waals surface area contributed by atoms with Crippen LogP contribution in [0.15, 0.2) is 76.5 Å². The smallest absolute Gasteiger partial charge is 0.330 e. The average Bonchev–Trinajstić information content (AvgIpc) is 2.47. The van der Waals surface area contributed by atoms with E-state index in [0.29, 0.717) is 12.8 Å². The molecule has 2 aromatic rings. The highest BCUT2D eigenvalue weighted by Crippen LogP contribution is 2.27. The predicted molar refractivity (Wildman–Crippen MR) is 82.1 cm³/mol. The van der Waals surface area contributed by atoms with E-state index in [1.165, 1.54) is 9.79 Å². The fraction of sp³-hybridized carbons (Fsp3) is 0.118. The molecule has 0 aromatic heterocycles. The average molecular weight is 284 g/mol. The maximum Gasteiger partial charge on any atom is 0.330 e. The normalized spacial score (nSPS) is 10.2. The van der Waals surface area contributed by atoms with Gasteiger partial charge in [-0.05, 0) is 42.7 Å². The number of aryl methyl sites for hydroxylation is 1. The minimum atomic E-state index is -0.916. The Balaban J connectivity index is 1.93. The summed E-state index contributed by atoms with van der Waals surface area (Å²) in [5.74, 6) is -0.916. The Morgan fingerprint density at radius 2 is 1.60 bits per heavy atom. The van der Waals surface area contributed by atoms with Gasteiger partial charge in [0.2, 0.25) is 0 Å². The van der Waals surface area contributed by atoms with E-state index >= 15 is 0 Å². The van der Waals surface area contributed by atoms with Gasteiger partial charge >= 0.3 is 5.97 Å². The van der Waals surface area contributed by atoms with Crippen LogP contribution in [0.1, 0.15) is 12.0 Å². The molecule has 20 heavy (non-hydrogen) atoms. The standard InChI is InChI=1S/C17H16O2S/c1-13(17(18)19)7-8-14-9-11-16(12-10-14)20-15-5-3-2-4-6-15/h2-6,9-12H,1,7-8H2,(H,18,19). The number of rotatable bonds is 6. The van der Waals surface area contributed by atoms with Crippen LogP contribution in [0.5, 0.6) is 0 Å². The molecule has 0 saturated carbocycles. The van der Waals surface area contributed by atoms with Gasteiger partial charge in [-0.15, -0.1) is 0 Å². The lowest BCUT2D eigenvalue weighted by Gasteiger charge is -2.04. The van der Waals surface area contributed by atoms with Gasteiger partial charge in [-0.3, -0.25) is 0 Å². The van der Waals surface area contributed by atoms with Crippen molar-refractivity contribution in [3.63, 3.8) is 0 Å². The molecular weight excluding hydrogens is 268 g/mol. The maximum atomic E-state index is 10.7. The lowest BCUT2D eigenvalue weighted by atomic mass is 10.1. The molecule has 0 amide bonds. The molecule has 102 valence electrons. The summed E-state index contributed by atoms with van der Waals surface area (Å²) >= 11 is 1.71. The first kappa shape index (κ1) is 14.4. The first-order valence-corrected chi connectivity index (χ1v) is 7.20. The van der Waals surface area contributed by atoms with Crippen LogP contribution in [-0.4, -0.2) is 11.1 Å². The lowest BCUT2D eigenvalue weighted by Crippen LogP contribution is -2.00. The number of aliphatic carboxylic acids is 1. The summed E-state index contributed by atoms with van der Waals surface area (Å²) in [7, 11) is 0. The molecular formula is C17H16O2S. The largest absolute Gasteiger partial charge is 0.478 e. The van der Waals surface area contributed by atoms with Gasteiger partial charge in [0.25, 0.3) is 0 Å². The van der Waals surface area contributed by atoms with E-state index in [1.807, 2.05) is 30.3 Å². The Morgan fingerprint density at radius 1 is 1.00 bits per heavy atom. The monoisotopic (exact) mass is 284 g/mol. The fourth-order valence-electron chi connectivity index (χ4n) is 1.75. The Bertz CT molecular complexity index is 588. The highest BCUT2D eigenvalue weighted by Gasteiger charge is 2.04. The fourth-order valence-corrected chi connectivity index (χ4v) is 2.59. The minimum absolute atomic E-state index is 0.257. The molecule has 0 aliphatic carbocycles.